The van der Waals surface area contributed by atoms with Crippen molar-refractivity contribution in [3.63, 3.8) is 0 Å². The van der Waals surface area contributed by atoms with Gasteiger partial charge in [-0.3, -0.25) is 4.79 Å². The Hall–Kier alpha value is -2.75. The minimum Gasteiger partial charge on any atom is -0.333 e. The number of hydrogen-bond donors (Lipinski definition) is 2. The van der Waals surface area contributed by atoms with E-state index in [2.05, 4.69) is 25.5 Å². The Morgan fingerprint density at radius 2 is 2.00 bits per heavy atom. The smallest absolute Gasteiger partial charge is 0.261 e. The van der Waals surface area contributed by atoms with Crippen molar-refractivity contribution in [3.8, 4) is 22.8 Å². The Balaban J connectivity index is 0.00000218. The molecule has 0 saturated carbocycles. The average molecular weight is 451 g/mol. The van der Waals surface area contributed by atoms with Crippen LogP contribution in [0.3, 0.4) is 0 Å². The van der Waals surface area contributed by atoms with Gasteiger partial charge >= 0.3 is 0 Å². The van der Waals surface area contributed by atoms with Crippen molar-refractivity contribution in [1.29, 1.82) is 0 Å². The van der Waals surface area contributed by atoms with Gasteiger partial charge in [0.05, 0.1) is 23.0 Å². The number of halogens is 3. The second kappa shape index (κ2) is 8.17. The predicted octanol–water partition coefficient (Wildman–Crippen LogP) is 3.42. The molecule has 156 valence electrons. The molecular formula is C19H17Cl2FN6O2. The number of nitrogens with zero attached hydrogens (tertiary/aromatic N) is 4. The molecule has 0 spiro atoms. The number of fused-ring (bicyclic) bond motifs is 1. The van der Waals surface area contributed by atoms with Crippen LogP contribution in [0, 0.1) is 5.82 Å². The standard InChI is InChI=1S/C19H16ClFN6O2.ClH/c20-11-1-2-14(21)12(7-11)19-25-17(26-29-19)13-9-23-27-15(8-16(28)24-18(13)27)10-3-5-22-6-4-10;/h1-2,7-10,22H,3-6H2,(H,24,28);1H. The lowest BCUT2D eigenvalue weighted by atomic mass is 9.94. The maximum Gasteiger partial charge on any atom is 0.261 e. The Morgan fingerprint density at radius 1 is 1.20 bits per heavy atom. The molecule has 1 saturated heterocycles. The molecule has 5 rings (SSSR count). The van der Waals surface area contributed by atoms with E-state index in [-0.39, 0.29) is 41.2 Å². The van der Waals surface area contributed by atoms with Crippen LogP contribution in [0.1, 0.15) is 24.5 Å². The van der Waals surface area contributed by atoms with Crippen LogP contribution in [0.2, 0.25) is 5.02 Å². The van der Waals surface area contributed by atoms with Crippen LogP contribution in [0.4, 0.5) is 4.39 Å². The first-order valence-electron chi connectivity index (χ1n) is 9.21. The number of aromatic nitrogens is 5. The monoisotopic (exact) mass is 450 g/mol. The van der Waals surface area contributed by atoms with E-state index in [1.807, 2.05) is 0 Å². The maximum absolute atomic E-state index is 14.1. The van der Waals surface area contributed by atoms with Crippen molar-refractivity contribution in [1.82, 2.24) is 30.1 Å². The lowest BCUT2D eigenvalue weighted by molar-refractivity contribution is 0.429. The molecule has 8 nitrogen and oxygen atoms in total. The van der Waals surface area contributed by atoms with Gasteiger partial charge in [-0.2, -0.15) is 10.1 Å². The SMILES string of the molecule is Cl.O=c1cc(C2CCNCC2)n2ncc(-c3noc(-c4cc(Cl)ccc4F)n3)c2[nH]1. The van der Waals surface area contributed by atoms with Gasteiger partial charge in [0.2, 0.25) is 5.82 Å². The summed E-state index contributed by atoms with van der Waals surface area (Å²) in [5.41, 5.74) is 1.70. The van der Waals surface area contributed by atoms with Gasteiger partial charge in [-0.15, -0.1) is 12.4 Å². The topological polar surface area (TPSA) is 101 Å². The number of aromatic amines is 1. The van der Waals surface area contributed by atoms with Crippen LogP contribution in [0.25, 0.3) is 28.5 Å². The molecule has 0 amide bonds. The van der Waals surface area contributed by atoms with Crippen molar-refractivity contribution in [2.24, 2.45) is 0 Å². The number of rotatable bonds is 3. The third-order valence-corrected chi connectivity index (χ3v) is 5.35. The minimum atomic E-state index is -0.522. The van der Waals surface area contributed by atoms with Crippen molar-refractivity contribution >= 4 is 29.7 Å². The number of piperidine rings is 1. The second-order valence-electron chi connectivity index (χ2n) is 6.95. The summed E-state index contributed by atoms with van der Waals surface area (Å²) in [6.07, 6.45) is 3.42. The molecule has 30 heavy (non-hydrogen) atoms. The molecule has 0 bridgehead atoms. The molecule has 4 heterocycles. The van der Waals surface area contributed by atoms with E-state index in [0.717, 1.165) is 31.6 Å². The van der Waals surface area contributed by atoms with E-state index in [4.69, 9.17) is 16.1 Å². The van der Waals surface area contributed by atoms with Gasteiger partial charge in [-0.05, 0) is 44.1 Å². The molecule has 0 unspecified atom stereocenters. The van der Waals surface area contributed by atoms with Crippen LogP contribution in [0.15, 0.2) is 39.8 Å². The molecule has 0 atom stereocenters. The summed E-state index contributed by atoms with van der Waals surface area (Å²) in [5.74, 6) is -0.0926. The van der Waals surface area contributed by atoms with Crippen LogP contribution < -0.4 is 10.9 Å². The van der Waals surface area contributed by atoms with E-state index < -0.39 is 5.82 Å². The molecule has 0 radical (unpaired) electrons. The highest BCUT2D eigenvalue weighted by atomic mass is 35.5. The normalized spacial score (nSPS) is 14.7. The lowest BCUT2D eigenvalue weighted by Gasteiger charge is -2.23. The van der Waals surface area contributed by atoms with Gasteiger partial charge in [0.15, 0.2) is 0 Å². The largest absolute Gasteiger partial charge is 0.333 e. The number of benzene rings is 1. The first-order chi connectivity index (χ1) is 14.1. The molecule has 2 N–H and O–H groups in total. The highest BCUT2D eigenvalue weighted by Crippen LogP contribution is 2.30. The van der Waals surface area contributed by atoms with Gasteiger partial charge in [-0.1, -0.05) is 16.8 Å². The highest BCUT2D eigenvalue weighted by molar-refractivity contribution is 6.30. The van der Waals surface area contributed by atoms with E-state index >= 15 is 0 Å². The van der Waals surface area contributed by atoms with Crippen LogP contribution in [-0.2, 0) is 0 Å². The average Bonchev–Trinajstić information content (AvgIpc) is 3.37. The molecular weight excluding hydrogens is 434 g/mol. The molecule has 1 aliphatic heterocycles. The second-order valence-corrected chi connectivity index (χ2v) is 7.39. The van der Waals surface area contributed by atoms with Gasteiger partial charge in [-0.25, -0.2) is 8.91 Å². The fourth-order valence-corrected chi connectivity index (χ4v) is 3.86. The summed E-state index contributed by atoms with van der Waals surface area (Å²) in [6.45, 7) is 1.79. The van der Waals surface area contributed by atoms with Gasteiger partial charge in [0.25, 0.3) is 11.4 Å². The Bertz CT molecular complexity index is 1260. The van der Waals surface area contributed by atoms with E-state index in [0.29, 0.717) is 16.2 Å². The fourth-order valence-electron chi connectivity index (χ4n) is 3.69. The van der Waals surface area contributed by atoms with E-state index in [9.17, 15) is 9.18 Å². The highest BCUT2D eigenvalue weighted by Gasteiger charge is 2.23. The zero-order valence-corrected chi connectivity index (χ0v) is 17.1. The molecule has 3 aromatic heterocycles. The summed E-state index contributed by atoms with van der Waals surface area (Å²) in [5, 5.41) is 12.1. The van der Waals surface area contributed by atoms with E-state index in [1.165, 1.54) is 18.2 Å². The van der Waals surface area contributed by atoms with Crippen LogP contribution in [0.5, 0.6) is 0 Å². The first-order valence-corrected chi connectivity index (χ1v) is 9.59. The Labute approximate surface area is 180 Å². The Morgan fingerprint density at radius 3 is 2.80 bits per heavy atom. The molecule has 1 fully saturated rings. The van der Waals surface area contributed by atoms with Crippen molar-refractivity contribution in [3.05, 3.63) is 57.3 Å². The summed E-state index contributed by atoms with van der Waals surface area (Å²) in [6, 6.07) is 5.68. The number of hydrogen-bond acceptors (Lipinski definition) is 6. The molecule has 1 aliphatic rings. The van der Waals surface area contributed by atoms with Crippen LogP contribution >= 0.6 is 24.0 Å². The quantitative estimate of drug-likeness (QED) is 0.495. The summed E-state index contributed by atoms with van der Waals surface area (Å²) < 4.78 is 21.1. The van der Waals surface area contributed by atoms with Crippen molar-refractivity contribution < 1.29 is 8.91 Å². The maximum atomic E-state index is 14.1. The lowest BCUT2D eigenvalue weighted by Crippen LogP contribution is -2.28. The van der Waals surface area contributed by atoms with E-state index in [1.54, 1.807) is 16.8 Å². The third kappa shape index (κ3) is 3.60. The van der Waals surface area contributed by atoms with Gasteiger partial charge in [0.1, 0.15) is 11.5 Å². The third-order valence-electron chi connectivity index (χ3n) is 5.12. The fraction of sp³-hybridized carbons (Fsp3) is 0.263. The molecule has 11 heteroatoms. The van der Waals surface area contributed by atoms with Crippen molar-refractivity contribution in [2.75, 3.05) is 13.1 Å². The summed E-state index contributed by atoms with van der Waals surface area (Å²) in [7, 11) is 0. The zero-order valence-electron chi connectivity index (χ0n) is 15.6. The predicted molar refractivity (Wildman–Crippen MR) is 112 cm³/mol. The summed E-state index contributed by atoms with van der Waals surface area (Å²) in [4.78, 5) is 19.4. The molecule has 1 aromatic carbocycles. The number of H-pyrrole nitrogens is 1. The first kappa shape index (κ1) is 20.5. The van der Waals surface area contributed by atoms with Gasteiger partial charge in [0, 0.05) is 17.0 Å². The Kier molecular flexibility index (Phi) is 5.59. The molecule has 0 aliphatic carbocycles. The van der Waals surface area contributed by atoms with Crippen LogP contribution in [-0.4, -0.2) is 37.8 Å². The zero-order chi connectivity index (χ0) is 20.0. The van der Waals surface area contributed by atoms with Crippen molar-refractivity contribution in [2.45, 2.75) is 18.8 Å². The minimum absolute atomic E-state index is 0. The number of nitrogens with one attached hydrogen (secondary N) is 2. The summed E-state index contributed by atoms with van der Waals surface area (Å²) >= 11 is 5.95. The molecule has 4 aromatic rings. The van der Waals surface area contributed by atoms with Gasteiger partial charge < -0.3 is 14.8 Å².